The summed E-state index contributed by atoms with van der Waals surface area (Å²) < 4.78 is 41.7. The molecule has 4 N–H and O–H groups in total. The van der Waals surface area contributed by atoms with Crippen LogP contribution in [-0.2, 0) is 4.79 Å². The van der Waals surface area contributed by atoms with Crippen LogP contribution in [0.5, 0.6) is 5.75 Å². The third-order valence-corrected chi connectivity index (χ3v) is 5.15. The molecule has 34 heavy (non-hydrogen) atoms. The molecule has 1 unspecified atom stereocenters. The van der Waals surface area contributed by atoms with Crippen molar-refractivity contribution in [2.75, 3.05) is 16.4 Å². The number of hydrogen-bond acceptors (Lipinski definition) is 5. The molecule has 0 saturated heterocycles. The topological polar surface area (TPSA) is 106 Å². The van der Waals surface area contributed by atoms with Gasteiger partial charge in [-0.15, -0.1) is 13.2 Å². The van der Waals surface area contributed by atoms with Gasteiger partial charge in [0.25, 0.3) is 5.91 Å². The smallest absolute Gasteiger partial charge is 0.406 e. The molecule has 0 aliphatic carbocycles. The molecular formula is C24H19F3N4O3. The lowest BCUT2D eigenvalue weighted by molar-refractivity contribution is -0.274. The van der Waals surface area contributed by atoms with Gasteiger partial charge in [-0.1, -0.05) is 12.1 Å². The molecule has 2 amide bonds. The molecule has 1 heterocycles. The number of ether oxygens (including phenoxy) is 1. The Labute approximate surface area is 192 Å². The van der Waals surface area contributed by atoms with Crippen molar-refractivity contribution in [3.05, 3.63) is 77.9 Å². The second-order valence-corrected chi connectivity index (χ2v) is 7.56. The van der Waals surface area contributed by atoms with Crippen LogP contribution in [-0.4, -0.2) is 23.9 Å². The largest absolute Gasteiger partial charge is 0.573 e. The molecule has 0 bridgehead atoms. The molecule has 0 saturated carbocycles. The fourth-order valence-corrected chi connectivity index (χ4v) is 3.61. The minimum absolute atomic E-state index is 0.337. The number of nitrogen functional groups attached to an aromatic ring is 1. The highest BCUT2D eigenvalue weighted by Gasteiger charge is 2.35. The van der Waals surface area contributed by atoms with Crippen molar-refractivity contribution in [2.45, 2.75) is 19.2 Å². The summed E-state index contributed by atoms with van der Waals surface area (Å²) in [4.78, 5) is 29.4. The van der Waals surface area contributed by atoms with Crippen LogP contribution in [0.25, 0.3) is 0 Å². The Kier molecular flexibility index (Phi) is 5.97. The van der Waals surface area contributed by atoms with E-state index in [0.717, 1.165) is 6.07 Å². The minimum atomic E-state index is -4.84. The Bertz CT molecular complexity index is 1290. The average molecular weight is 468 g/mol. The van der Waals surface area contributed by atoms with E-state index in [4.69, 9.17) is 5.73 Å². The maximum atomic E-state index is 12.6. The maximum absolute atomic E-state index is 12.6. The lowest BCUT2D eigenvalue weighted by Gasteiger charge is -2.12. The van der Waals surface area contributed by atoms with Gasteiger partial charge in [0.15, 0.2) is 0 Å². The van der Waals surface area contributed by atoms with E-state index in [2.05, 4.69) is 20.4 Å². The molecule has 10 heteroatoms. The van der Waals surface area contributed by atoms with Gasteiger partial charge in [-0.05, 0) is 67.1 Å². The van der Waals surface area contributed by atoms with Crippen molar-refractivity contribution in [2.24, 2.45) is 4.99 Å². The van der Waals surface area contributed by atoms with E-state index < -0.39 is 23.9 Å². The summed E-state index contributed by atoms with van der Waals surface area (Å²) in [6.07, 6.45) is -4.84. The Balaban J connectivity index is 1.53. The van der Waals surface area contributed by atoms with Crippen LogP contribution in [0.2, 0.25) is 0 Å². The quantitative estimate of drug-likeness (QED) is 0.351. The number of carbonyl (C=O) groups is 2. The Morgan fingerprint density at radius 1 is 1.09 bits per heavy atom. The van der Waals surface area contributed by atoms with Gasteiger partial charge in [0.1, 0.15) is 11.7 Å². The van der Waals surface area contributed by atoms with Crippen LogP contribution in [0.1, 0.15) is 28.8 Å². The second kappa shape index (κ2) is 8.89. The predicted octanol–water partition coefficient (Wildman–Crippen LogP) is 5.25. The average Bonchev–Trinajstić information content (AvgIpc) is 3.09. The van der Waals surface area contributed by atoms with Crippen LogP contribution >= 0.6 is 0 Å². The zero-order valence-corrected chi connectivity index (χ0v) is 17.8. The highest BCUT2D eigenvalue weighted by Crippen LogP contribution is 2.38. The van der Waals surface area contributed by atoms with Crippen LogP contribution in [0.4, 0.5) is 35.9 Å². The molecule has 3 aromatic rings. The van der Waals surface area contributed by atoms with Gasteiger partial charge >= 0.3 is 6.36 Å². The molecule has 1 atom stereocenters. The van der Waals surface area contributed by atoms with E-state index in [1.807, 2.05) is 0 Å². The molecule has 3 aromatic carbocycles. The Morgan fingerprint density at radius 2 is 1.79 bits per heavy atom. The predicted molar refractivity (Wildman–Crippen MR) is 123 cm³/mol. The van der Waals surface area contributed by atoms with E-state index in [1.54, 1.807) is 55.5 Å². The number of nitrogens with two attached hydrogens (primary N) is 1. The lowest BCUT2D eigenvalue weighted by atomic mass is 9.96. The minimum Gasteiger partial charge on any atom is -0.406 e. The molecule has 0 spiro atoms. The summed E-state index contributed by atoms with van der Waals surface area (Å²) in [6, 6.07) is 16.9. The van der Waals surface area contributed by atoms with Crippen molar-refractivity contribution in [1.82, 2.24) is 0 Å². The molecule has 4 rings (SSSR count). The fourth-order valence-electron chi connectivity index (χ4n) is 3.61. The third kappa shape index (κ3) is 5.01. The summed E-state index contributed by atoms with van der Waals surface area (Å²) in [5.41, 5.74) is 8.71. The molecule has 0 radical (unpaired) electrons. The molecule has 1 aliphatic heterocycles. The normalized spacial score (nSPS) is 15.5. The number of hydrogen-bond donors (Lipinski definition) is 3. The van der Waals surface area contributed by atoms with Crippen LogP contribution in [0.15, 0.2) is 71.7 Å². The zero-order chi connectivity index (χ0) is 24.5. The van der Waals surface area contributed by atoms with Crippen molar-refractivity contribution in [3.8, 4) is 5.75 Å². The van der Waals surface area contributed by atoms with E-state index in [0.29, 0.717) is 39.6 Å². The molecule has 1 aliphatic rings. The Morgan fingerprint density at radius 3 is 2.47 bits per heavy atom. The van der Waals surface area contributed by atoms with Gasteiger partial charge in [0.2, 0.25) is 5.91 Å². The second-order valence-electron chi connectivity index (χ2n) is 7.56. The number of para-hydroxylation sites is 2. The van der Waals surface area contributed by atoms with Gasteiger partial charge < -0.3 is 21.1 Å². The van der Waals surface area contributed by atoms with Crippen molar-refractivity contribution in [1.29, 1.82) is 0 Å². The third-order valence-electron chi connectivity index (χ3n) is 5.15. The number of alkyl halides is 3. The first kappa shape index (κ1) is 22.8. The first-order chi connectivity index (χ1) is 16.1. The first-order valence-electron chi connectivity index (χ1n) is 10.1. The fraction of sp³-hybridized carbons (Fsp3) is 0.125. The van der Waals surface area contributed by atoms with Crippen LogP contribution < -0.4 is 21.1 Å². The van der Waals surface area contributed by atoms with Gasteiger partial charge in [0.05, 0.1) is 17.1 Å². The summed E-state index contributed by atoms with van der Waals surface area (Å²) in [6.45, 7) is 1.61. The van der Waals surface area contributed by atoms with Gasteiger partial charge in [-0.2, -0.15) is 0 Å². The number of nitrogens with zero attached hydrogens (tertiary/aromatic N) is 1. The molecule has 0 fully saturated rings. The monoisotopic (exact) mass is 468 g/mol. The summed E-state index contributed by atoms with van der Waals surface area (Å²) >= 11 is 0. The maximum Gasteiger partial charge on any atom is 0.573 e. The Hall–Kier alpha value is -4.34. The SMILES string of the molecule is CC(=Nc1ccc(C(=O)Nc2ccccc2N)cc1)C1C(=O)Nc2ccc(OC(F)(F)F)cc21. The highest BCUT2D eigenvalue weighted by molar-refractivity contribution is 6.18. The van der Waals surface area contributed by atoms with Gasteiger partial charge in [-0.25, -0.2) is 0 Å². The van der Waals surface area contributed by atoms with Gasteiger partial charge in [-0.3, -0.25) is 14.6 Å². The lowest BCUT2D eigenvalue weighted by Crippen LogP contribution is -2.19. The van der Waals surface area contributed by atoms with Crippen molar-refractivity contribution < 1.29 is 27.5 Å². The number of benzene rings is 3. The van der Waals surface area contributed by atoms with E-state index >= 15 is 0 Å². The molecule has 174 valence electrons. The van der Waals surface area contributed by atoms with E-state index in [9.17, 15) is 22.8 Å². The molecule has 7 nitrogen and oxygen atoms in total. The van der Waals surface area contributed by atoms with Crippen LogP contribution in [0.3, 0.4) is 0 Å². The van der Waals surface area contributed by atoms with Crippen molar-refractivity contribution in [3.63, 3.8) is 0 Å². The zero-order valence-electron chi connectivity index (χ0n) is 17.8. The van der Waals surface area contributed by atoms with E-state index in [1.165, 1.54) is 12.1 Å². The summed E-state index contributed by atoms with van der Waals surface area (Å²) in [5, 5.41) is 5.36. The number of rotatable bonds is 5. The number of aliphatic imine (C=N–C) groups is 1. The molecule has 0 aromatic heterocycles. The standard InChI is InChI=1S/C24H19F3N4O3/c1-13(21-17-12-16(34-24(25,26)27)10-11-19(17)30-23(21)33)29-15-8-6-14(7-9-15)22(32)31-20-5-3-2-4-18(20)28/h2-12,21H,28H2,1H3,(H,30,33)(H,31,32). The van der Waals surface area contributed by atoms with Crippen LogP contribution in [0, 0.1) is 0 Å². The highest BCUT2D eigenvalue weighted by atomic mass is 19.4. The first-order valence-corrected chi connectivity index (χ1v) is 10.1. The summed E-state index contributed by atoms with van der Waals surface area (Å²) in [7, 11) is 0. The molecular weight excluding hydrogens is 449 g/mol. The number of nitrogens with one attached hydrogen (secondary N) is 2. The number of halogens is 3. The van der Waals surface area contributed by atoms with Gasteiger partial charge in [0, 0.05) is 17.0 Å². The summed E-state index contributed by atoms with van der Waals surface area (Å²) in [5.74, 6) is -2.06. The number of fused-ring (bicyclic) bond motifs is 1. The number of anilines is 3. The number of carbonyl (C=O) groups excluding carboxylic acids is 2. The van der Waals surface area contributed by atoms with Crippen molar-refractivity contribution >= 4 is 40.3 Å². The number of amides is 2. The van der Waals surface area contributed by atoms with E-state index in [-0.39, 0.29) is 5.91 Å².